The Bertz CT molecular complexity index is 1030. The Kier molecular flexibility index (Phi) is 5.53. The van der Waals surface area contributed by atoms with Crippen molar-refractivity contribution in [2.75, 3.05) is 32.7 Å². The first-order valence-electron chi connectivity index (χ1n) is 9.94. The van der Waals surface area contributed by atoms with Crippen molar-refractivity contribution in [3.63, 3.8) is 0 Å². The van der Waals surface area contributed by atoms with Crippen LogP contribution in [-0.4, -0.2) is 55.3 Å². The van der Waals surface area contributed by atoms with Crippen LogP contribution in [0.15, 0.2) is 59.6 Å². The molecule has 0 spiro atoms. The van der Waals surface area contributed by atoms with Gasteiger partial charge in [0, 0.05) is 49.8 Å². The van der Waals surface area contributed by atoms with E-state index in [0.717, 1.165) is 38.0 Å². The molecule has 1 N–H and O–H groups in total. The van der Waals surface area contributed by atoms with Crippen LogP contribution in [0.25, 0.3) is 10.9 Å². The summed E-state index contributed by atoms with van der Waals surface area (Å²) in [6.07, 6.45) is 3.97. The lowest BCUT2D eigenvalue weighted by Crippen LogP contribution is -2.48. The van der Waals surface area contributed by atoms with Crippen LogP contribution in [0.2, 0.25) is 0 Å². The second-order valence-corrected chi connectivity index (χ2v) is 9.29. The highest BCUT2D eigenvalue weighted by atomic mass is 32.2. The summed E-state index contributed by atoms with van der Waals surface area (Å²) in [5.41, 5.74) is 3.64. The Balaban J connectivity index is 1.35. The number of sulfonamides is 1. The molecule has 28 heavy (non-hydrogen) atoms. The van der Waals surface area contributed by atoms with E-state index < -0.39 is 10.0 Å². The smallest absolute Gasteiger partial charge is 0.243 e. The molecule has 3 aromatic rings. The predicted molar refractivity (Wildman–Crippen MR) is 113 cm³/mol. The molecule has 6 heteroatoms. The van der Waals surface area contributed by atoms with Crippen LogP contribution in [0.3, 0.4) is 0 Å². The molecule has 1 saturated heterocycles. The van der Waals surface area contributed by atoms with Crippen LogP contribution in [-0.2, 0) is 22.9 Å². The van der Waals surface area contributed by atoms with Gasteiger partial charge >= 0.3 is 0 Å². The zero-order chi connectivity index (χ0) is 19.6. The Morgan fingerprint density at radius 2 is 1.68 bits per heavy atom. The maximum absolute atomic E-state index is 12.9. The quantitative estimate of drug-likeness (QED) is 0.694. The number of rotatable bonds is 6. The zero-order valence-electron chi connectivity index (χ0n) is 16.3. The molecule has 0 saturated carbocycles. The van der Waals surface area contributed by atoms with Crippen molar-refractivity contribution in [2.45, 2.75) is 24.7 Å². The average Bonchev–Trinajstić information content (AvgIpc) is 3.16. The summed E-state index contributed by atoms with van der Waals surface area (Å²) in [6.45, 7) is 5.65. The molecule has 0 bridgehead atoms. The fraction of sp³-hybridized carbons (Fsp3) is 0.364. The highest BCUT2D eigenvalue weighted by molar-refractivity contribution is 7.89. The second kappa shape index (κ2) is 8.07. The number of aromatic nitrogens is 1. The van der Waals surface area contributed by atoms with Crippen LogP contribution in [0.1, 0.15) is 18.1 Å². The molecular weight excluding hydrogens is 370 g/mol. The summed E-state index contributed by atoms with van der Waals surface area (Å²) in [5, 5.41) is 1.28. The fourth-order valence-corrected chi connectivity index (χ4v) is 5.28. The molecule has 2 aromatic carbocycles. The van der Waals surface area contributed by atoms with E-state index in [9.17, 15) is 8.42 Å². The van der Waals surface area contributed by atoms with Crippen molar-refractivity contribution in [1.82, 2.24) is 14.2 Å². The Hall–Kier alpha value is -2.15. The van der Waals surface area contributed by atoms with Crippen molar-refractivity contribution < 1.29 is 8.42 Å². The number of benzene rings is 2. The number of fused-ring (bicyclic) bond motifs is 1. The third-order valence-electron chi connectivity index (χ3n) is 5.67. The minimum atomic E-state index is -3.40. The predicted octanol–water partition coefficient (Wildman–Crippen LogP) is 3.28. The number of nitrogens with zero attached hydrogens (tertiary/aromatic N) is 2. The van der Waals surface area contributed by atoms with Gasteiger partial charge in [-0.3, -0.25) is 0 Å². The van der Waals surface area contributed by atoms with E-state index in [1.54, 1.807) is 16.4 Å². The molecule has 1 aromatic heterocycles. The molecular formula is C22H27N3O2S. The summed E-state index contributed by atoms with van der Waals surface area (Å²) in [5.74, 6) is 0. The van der Waals surface area contributed by atoms with Crippen molar-refractivity contribution in [1.29, 1.82) is 0 Å². The molecule has 1 fully saturated rings. The minimum Gasteiger partial charge on any atom is -0.361 e. The summed E-state index contributed by atoms with van der Waals surface area (Å²) < 4.78 is 27.4. The van der Waals surface area contributed by atoms with E-state index >= 15 is 0 Å². The lowest BCUT2D eigenvalue weighted by Gasteiger charge is -2.34. The summed E-state index contributed by atoms with van der Waals surface area (Å²) in [6, 6.07) is 15.6. The second-order valence-electron chi connectivity index (χ2n) is 7.35. The number of aromatic amines is 1. The summed E-state index contributed by atoms with van der Waals surface area (Å²) >= 11 is 0. The van der Waals surface area contributed by atoms with E-state index in [2.05, 4.69) is 41.2 Å². The Labute approximate surface area is 167 Å². The summed E-state index contributed by atoms with van der Waals surface area (Å²) in [4.78, 5) is 6.08. The normalized spacial score (nSPS) is 16.6. The van der Waals surface area contributed by atoms with Crippen LogP contribution in [0, 0.1) is 0 Å². The fourth-order valence-electron chi connectivity index (χ4n) is 3.86. The SMILES string of the molecule is CCc1ccc(S(=O)(=O)N2CCN(CCc3c[nH]c4ccccc34)CC2)cc1. The molecule has 1 aliphatic rings. The van der Waals surface area contributed by atoms with E-state index in [0.29, 0.717) is 18.0 Å². The number of aryl methyl sites for hydroxylation is 1. The number of hydrogen-bond donors (Lipinski definition) is 1. The first-order chi connectivity index (χ1) is 13.6. The summed E-state index contributed by atoms with van der Waals surface area (Å²) in [7, 11) is -3.40. The third kappa shape index (κ3) is 3.85. The monoisotopic (exact) mass is 397 g/mol. The average molecular weight is 398 g/mol. The van der Waals surface area contributed by atoms with Gasteiger partial charge in [0.15, 0.2) is 0 Å². The van der Waals surface area contributed by atoms with Crippen molar-refractivity contribution in [3.8, 4) is 0 Å². The molecule has 148 valence electrons. The van der Waals surface area contributed by atoms with E-state index in [1.807, 2.05) is 18.2 Å². The maximum atomic E-state index is 12.9. The molecule has 4 rings (SSSR count). The van der Waals surface area contributed by atoms with Crippen LogP contribution >= 0.6 is 0 Å². The van der Waals surface area contributed by atoms with Gasteiger partial charge in [-0.15, -0.1) is 0 Å². The highest BCUT2D eigenvalue weighted by Crippen LogP contribution is 2.20. The van der Waals surface area contributed by atoms with Crippen molar-refractivity contribution in [3.05, 3.63) is 65.9 Å². The van der Waals surface area contributed by atoms with Gasteiger partial charge in [-0.1, -0.05) is 37.3 Å². The minimum absolute atomic E-state index is 0.400. The lowest BCUT2D eigenvalue weighted by molar-refractivity contribution is 0.190. The maximum Gasteiger partial charge on any atom is 0.243 e. The highest BCUT2D eigenvalue weighted by Gasteiger charge is 2.28. The van der Waals surface area contributed by atoms with Crippen molar-refractivity contribution >= 4 is 20.9 Å². The molecule has 0 aliphatic carbocycles. The molecule has 1 aliphatic heterocycles. The standard InChI is InChI=1S/C22H27N3O2S/c1-2-18-7-9-20(10-8-18)28(26,27)25-15-13-24(14-16-25)12-11-19-17-23-22-6-4-3-5-21(19)22/h3-10,17,23H,2,11-16H2,1H3. The van der Waals surface area contributed by atoms with E-state index in [-0.39, 0.29) is 0 Å². The van der Waals surface area contributed by atoms with Gasteiger partial charge in [0.25, 0.3) is 0 Å². The number of para-hydroxylation sites is 1. The molecule has 0 unspecified atom stereocenters. The largest absolute Gasteiger partial charge is 0.361 e. The van der Waals surface area contributed by atoms with Crippen LogP contribution in [0.4, 0.5) is 0 Å². The van der Waals surface area contributed by atoms with E-state index in [1.165, 1.54) is 16.5 Å². The number of nitrogens with one attached hydrogen (secondary N) is 1. The lowest BCUT2D eigenvalue weighted by atomic mass is 10.1. The first-order valence-corrected chi connectivity index (χ1v) is 11.4. The van der Waals surface area contributed by atoms with Crippen LogP contribution in [0.5, 0.6) is 0 Å². The van der Waals surface area contributed by atoms with Gasteiger partial charge in [0.05, 0.1) is 4.90 Å². The molecule has 0 radical (unpaired) electrons. The number of piperazine rings is 1. The van der Waals surface area contributed by atoms with Gasteiger partial charge in [-0.2, -0.15) is 4.31 Å². The van der Waals surface area contributed by atoms with E-state index in [4.69, 9.17) is 0 Å². The number of H-pyrrole nitrogens is 1. The third-order valence-corrected chi connectivity index (χ3v) is 7.59. The first kappa shape index (κ1) is 19.2. The van der Waals surface area contributed by atoms with Gasteiger partial charge in [0.1, 0.15) is 0 Å². The topological polar surface area (TPSA) is 56.4 Å². The van der Waals surface area contributed by atoms with Gasteiger partial charge in [0.2, 0.25) is 10.0 Å². The molecule has 0 amide bonds. The Morgan fingerprint density at radius 3 is 2.39 bits per heavy atom. The molecule has 0 atom stereocenters. The van der Waals surface area contributed by atoms with Gasteiger partial charge in [-0.25, -0.2) is 8.42 Å². The van der Waals surface area contributed by atoms with Gasteiger partial charge in [-0.05, 0) is 42.2 Å². The molecule has 2 heterocycles. The number of hydrogen-bond acceptors (Lipinski definition) is 3. The zero-order valence-corrected chi connectivity index (χ0v) is 17.1. The van der Waals surface area contributed by atoms with Crippen molar-refractivity contribution in [2.24, 2.45) is 0 Å². The van der Waals surface area contributed by atoms with Crippen LogP contribution < -0.4 is 0 Å². The Morgan fingerprint density at radius 1 is 0.964 bits per heavy atom. The van der Waals surface area contributed by atoms with Gasteiger partial charge < -0.3 is 9.88 Å². The molecule has 5 nitrogen and oxygen atoms in total.